The van der Waals surface area contributed by atoms with Crippen LogP contribution < -0.4 is 4.72 Å². The second-order valence-corrected chi connectivity index (χ2v) is 8.94. The molecule has 0 spiro atoms. The molecular formula is C21H19F2N5O2S. The molecule has 0 unspecified atom stereocenters. The predicted octanol–water partition coefficient (Wildman–Crippen LogP) is 4.59. The number of halogens is 2. The molecule has 0 fully saturated rings. The molecule has 0 saturated carbocycles. The van der Waals surface area contributed by atoms with E-state index < -0.39 is 26.6 Å². The minimum absolute atomic E-state index is 0.237. The minimum Gasteiger partial charge on any atom is -0.280 e. The Morgan fingerprint density at radius 2 is 1.84 bits per heavy atom. The summed E-state index contributed by atoms with van der Waals surface area (Å²) in [4.78, 5) is -0.500. The highest BCUT2D eigenvalue weighted by Crippen LogP contribution is 2.25. The van der Waals surface area contributed by atoms with Gasteiger partial charge in [0.15, 0.2) is 0 Å². The number of nitrogens with zero attached hydrogens (tertiary/aromatic N) is 3. The van der Waals surface area contributed by atoms with Gasteiger partial charge in [-0.1, -0.05) is 0 Å². The van der Waals surface area contributed by atoms with E-state index in [2.05, 4.69) is 20.0 Å². The molecule has 0 bridgehead atoms. The van der Waals surface area contributed by atoms with Gasteiger partial charge in [0.2, 0.25) is 0 Å². The fraction of sp³-hybridized carbons (Fsp3) is 0.143. The van der Waals surface area contributed by atoms with E-state index in [0.29, 0.717) is 22.7 Å². The summed E-state index contributed by atoms with van der Waals surface area (Å²) in [7, 11) is -4.17. The van der Waals surface area contributed by atoms with Gasteiger partial charge in [-0.2, -0.15) is 10.2 Å². The molecule has 10 heteroatoms. The van der Waals surface area contributed by atoms with Crippen LogP contribution in [0.25, 0.3) is 23.1 Å². The van der Waals surface area contributed by atoms with E-state index in [1.54, 1.807) is 24.4 Å². The SMILES string of the molecule is CC(C)n1cc(/C=C/c2n[nH]c3ccc(NS(=O)(=O)c4cc(F)cc(F)c4)cc23)cn1. The van der Waals surface area contributed by atoms with Crippen LogP contribution in [0.2, 0.25) is 0 Å². The summed E-state index contributed by atoms with van der Waals surface area (Å²) >= 11 is 0. The number of aromatic amines is 1. The maximum Gasteiger partial charge on any atom is 0.262 e. The van der Waals surface area contributed by atoms with Crippen molar-refractivity contribution in [3.8, 4) is 0 Å². The first-order valence-electron chi connectivity index (χ1n) is 9.40. The van der Waals surface area contributed by atoms with E-state index in [4.69, 9.17) is 0 Å². The van der Waals surface area contributed by atoms with E-state index in [1.807, 2.05) is 30.8 Å². The van der Waals surface area contributed by atoms with Crippen molar-refractivity contribution in [2.24, 2.45) is 0 Å². The van der Waals surface area contributed by atoms with Crippen molar-refractivity contribution in [1.82, 2.24) is 20.0 Å². The predicted molar refractivity (Wildman–Crippen MR) is 115 cm³/mol. The number of rotatable bonds is 6. The normalized spacial score (nSPS) is 12.3. The summed E-state index contributed by atoms with van der Waals surface area (Å²) in [6.45, 7) is 4.06. The average molecular weight is 443 g/mol. The molecule has 0 amide bonds. The second-order valence-electron chi connectivity index (χ2n) is 7.26. The summed E-state index contributed by atoms with van der Waals surface area (Å²) in [5, 5.41) is 12.1. The summed E-state index contributed by atoms with van der Waals surface area (Å²) in [5.74, 6) is -1.95. The molecule has 4 rings (SSSR count). The first kappa shape index (κ1) is 20.7. The highest BCUT2D eigenvalue weighted by molar-refractivity contribution is 7.92. The summed E-state index contributed by atoms with van der Waals surface area (Å²) < 4.78 is 56.1. The Labute approximate surface area is 177 Å². The smallest absolute Gasteiger partial charge is 0.262 e. The third-order valence-electron chi connectivity index (χ3n) is 4.58. The fourth-order valence-electron chi connectivity index (χ4n) is 3.02. The van der Waals surface area contributed by atoms with Gasteiger partial charge in [0.1, 0.15) is 11.6 Å². The first-order chi connectivity index (χ1) is 14.7. The van der Waals surface area contributed by atoms with E-state index in [0.717, 1.165) is 17.7 Å². The minimum atomic E-state index is -4.17. The van der Waals surface area contributed by atoms with Gasteiger partial charge in [0.25, 0.3) is 10.0 Å². The number of H-pyrrole nitrogens is 1. The molecule has 2 aromatic heterocycles. The van der Waals surface area contributed by atoms with Gasteiger partial charge in [-0.25, -0.2) is 17.2 Å². The Hall–Kier alpha value is -3.53. The van der Waals surface area contributed by atoms with Crippen LogP contribution in [0.3, 0.4) is 0 Å². The van der Waals surface area contributed by atoms with Gasteiger partial charge >= 0.3 is 0 Å². The van der Waals surface area contributed by atoms with E-state index >= 15 is 0 Å². The molecule has 0 saturated heterocycles. The third-order valence-corrected chi connectivity index (χ3v) is 5.94. The van der Waals surface area contributed by atoms with Crippen LogP contribution >= 0.6 is 0 Å². The number of fused-ring (bicyclic) bond motifs is 1. The van der Waals surface area contributed by atoms with Crippen molar-refractivity contribution < 1.29 is 17.2 Å². The molecule has 31 heavy (non-hydrogen) atoms. The molecule has 160 valence electrons. The van der Waals surface area contributed by atoms with Crippen molar-refractivity contribution in [2.75, 3.05) is 4.72 Å². The monoisotopic (exact) mass is 443 g/mol. The van der Waals surface area contributed by atoms with Gasteiger partial charge < -0.3 is 0 Å². The largest absolute Gasteiger partial charge is 0.280 e. The highest BCUT2D eigenvalue weighted by atomic mass is 32.2. The molecule has 0 atom stereocenters. The molecule has 2 N–H and O–H groups in total. The van der Waals surface area contributed by atoms with Gasteiger partial charge in [-0.15, -0.1) is 0 Å². The number of hydrogen-bond acceptors (Lipinski definition) is 4. The number of aromatic nitrogens is 4. The second kappa shape index (κ2) is 7.95. The van der Waals surface area contributed by atoms with E-state index in [-0.39, 0.29) is 11.7 Å². The fourth-order valence-corrected chi connectivity index (χ4v) is 4.11. The molecule has 0 aliphatic heterocycles. The van der Waals surface area contributed by atoms with Gasteiger partial charge in [0, 0.05) is 34.9 Å². The average Bonchev–Trinajstić information content (AvgIpc) is 3.32. The highest BCUT2D eigenvalue weighted by Gasteiger charge is 2.17. The Morgan fingerprint density at radius 1 is 1.10 bits per heavy atom. The van der Waals surface area contributed by atoms with Crippen molar-refractivity contribution >= 4 is 38.8 Å². The first-order valence-corrected chi connectivity index (χ1v) is 10.9. The number of nitrogens with one attached hydrogen (secondary N) is 2. The quantitative estimate of drug-likeness (QED) is 0.456. The molecule has 4 aromatic rings. The van der Waals surface area contributed by atoms with Crippen LogP contribution in [0, 0.1) is 11.6 Å². The van der Waals surface area contributed by atoms with Crippen molar-refractivity contribution in [3.63, 3.8) is 0 Å². The Morgan fingerprint density at radius 3 is 2.52 bits per heavy atom. The molecule has 7 nitrogen and oxygen atoms in total. The van der Waals surface area contributed by atoms with E-state index in [9.17, 15) is 17.2 Å². The third kappa shape index (κ3) is 4.48. The van der Waals surface area contributed by atoms with Crippen LogP contribution in [-0.4, -0.2) is 28.4 Å². The zero-order valence-electron chi connectivity index (χ0n) is 16.7. The van der Waals surface area contributed by atoms with Crippen LogP contribution in [0.4, 0.5) is 14.5 Å². The maximum absolute atomic E-state index is 13.4. The lowest BCUT2D eigenvalue weighted by Crippen LogP contribution is -2.13. The standard InChI is InChI=1S/C21H19F2N5O2S/c1-13(2)28-12-14(11-24-28)3-5-20-19-10-17(4-6-21(19)26-25-20)27-31(29,30)18-8-15(22)7-16(23)9-18/h3-13,27H,1-2H3,(H,25,26)/b5-3+. The van der Waals surface area contributed by atoms with Gasteiger partial charge in [0.05, 0.1) is 22.3 Å². The van der Waals surface area contributed by atoms with Gasteiger partial charge in [-0.3, -0.25) is 14.5 Å². The van der Waals surface area contributed by atoms with Crippen molar-refractivity contribution in [1.29, 1.82) is 0 Å². The number of anilines is 1. The molecule has 0 radical (unpaired) electrons. The molecule has 2 aromatic carbocycles. The Bertz CT molecular complexity index is 1370. The van der Waals surface area contributed by atoms with Crippen molar-refractivity contribution in [3.05, 3.63) is 71.7 Å². The number of hydrogen-bond donors (Lipinski definition) is 2. The Kier molecular flexibility index (Phi) is 5.32. The number of benzene rings is 2. The van der Waals surface area contributed by atoms with Crippen molar-refractivity contribution in [2.45, 2.75) is 24.8 Å². The lowest BCUT2D eigenvalue weighted by atomic mass is 10.1. The summed E-state index contributed by atoms with van der Waals surface area (Å²) in [5.41, 5.74) is 2.44. The molecule has 0 aliphatic rings. The summed E-state index contributed by atoms with van der Waals surface area (Å²) in [6.07, 6.45) is 7.30. The zero-order chi connectivity index (χ0) is 22.2. The molecule has 0 aliphatic carbocycles. The van der Waals surface area contributed by atoms with Gasteiger partial charge in [-0.05, 0) is 56.3 Å². The lowest BCUT2D eigenvalue weighted by Gasteiger charge is -2.08. The number of sulfonamides is 1. The maximum atomic E-state index is 13.4. The zero-order valence-corrected chi connectivity index (χ0v) is 17.5. The molecular weight excluding hydrogens is 424 g/mol. The van der Waals surface area contributed by atoms with E-state index in [1.165, 1.54) is 6.07 Å². The Balaban J connectivity index is 1.62. The lowest BCUT2D eigenvalue weighted by molar-refractivity contribution is 0.532. The van der Waals surface area contributed by atoms with Crippen LogP contribution in [0.1, 0.15) is 31.1 Å². The topological polar surface area (TPSA) is 92.7 Å². The van der Waals surface area contributed by atoms with Crippen LogP contribution in [0.15, 0.2) is 53.7 Å². The van der Waals surface area contributed by atoms with Crippen LogP contribution in [0.5, 0.6) is 0 Å². The molecule has 2 heterocycles. The summed E-state index contributed by atoms with van der Waals surface area (Å²) in [6, 6.07) is 7.17. The van der Waals surface area contributed by atoms with Crippen LogP contribution in [-0.2, 0) is 10.0 Å².